The number of carbonyl (C=O) groups is 2. The van der Waals surface area contributed by atoms with Crippen molar-refractivity contribution in [3.8, 4) is 34.0 Å². The van der Waals surface area contributed by atoms with Crippen LogP contribution >= 0.6 is 0 Å². The van der Waals surface area contributed by atoms with Crippen LogP contribution in [0.1, 0.15) is 48.3 Å². The monoisotopic (exact) mass is 583 g/mol. The first-order chi connectivity index (χ1) is 20.5. The van der Waals surface area contributed by atoms with Gasteiger partial charge in [0, 0.05) is 34.6 Å². The fourth-order valence-electron chi connectivity index (χ4n) is 4.89. The van der Waals surface area contributed by atoms with Gasteiger partial charge in [0.05, 0.1) is 30.2 Å². The Bertz CT molecular complexity index is 1710. The van der Waals surface area contributed by atoms with Crippen LogP contribution in [0.2, 0.25) is 0 Å². The molecule has 1 aliphatic heterocycles. The summed E-state index contributed by atoms with van der Waals surface area (Å²) >= 11 is 0. The highest BCUT2D eigenvalue weighted by atomic mass is 19.1. The second-order valence-electron chi connectivity index (χ2n) is 11.3. The summed E-state index contributed by atoms with van der Waals surface area (Å²) in [6, 6.07) is 12.3. The molecule has 0 unspecified atom stereocenters. The highest BCUT2D eigenvalue weighted by Crippen LogP contribution is 2.45. The molecule has 0 saturated heterocycles. The van der Waals surface area contributed by atoms with Crippen LogP contribution in [0.15, 0.2) is 67.1 Å². The van der Waals surface area contributed by atoms with Crippen molar-refractivity contribution in [3.05, 3.63) is 89.8 Å². The number of aliphatic hydroxyl groups is 1. The van der Waals surface area contributed by atoms with Gasteiger partial charge in [0.1, 0.15) is 40.6 Å². The Kier molecular flexibility index (Phi) is 7.05. The van der Waals surface area contributed by atoms with Crippen LogP contribution in [0.3, 0.4) is 0 Å². The highest BCUT2D eigenvalue weighted by molar-refractivity contribution is 5.95. The lowest BCUT2D eigenvalue weighted by atomic mass is 9.82. The number of amides is 2. The van der Waals surface area contributed by atoms with E-state index in [-0.39, 0.29) is 24.9 Å². The van der Waals surface area contributed by atoms with Crippen LogP contribution in [0, 0.1) is 5.82 Å². The van der Waals surface area contributed by atoms with E-state index >= 15 is 0 Å². The summed E-state index contributed by atoms with van der Waals surface area (Å²) in [5.41, 5.74) is 6.07. The van der Waals surface area contributed by atoms with E-state index in [0.717, 1.165) is 18.4 Å². The molecule has 3 heterocycles. The maximum Gasteiger partial charge on any atom is 0.251 e. The minimum atomic E-state index is -1.67. The van der Waals surface area contributed by atoms with Crippen LogP contribution < -0.4 is 20.5 Å². The molecule has 2 aromatic heterocycles. The maximum atomic E-state index is 13.7. The van der Waals surface area contributed by atoms with E-state index in [9.17, 15) is 19.1 Å². The highest BCUT2D eigenvalue weighted by Gasteiger charge is 2.45. The third kappa shape index (κ3) is 5.51. The Morgan fingerprint density at radius 1 is 1.19 bits per heavy atom. The maximum absolute atomic E-state index is 13.7. The summed E-state index contributed by atoms with van der Waals surface area (Å²) in [5, 5.41) is 14.4. The van der Waals surface area contributed by atoms with Crippen molar-refractivity contribution in [2.45, 2.75) is 43.8 Å². The van der Waals surface area contributed by atoms with Crippen molar-refractivity contribution in [2.75, 3.05) is 13.2 Å². The predicted octanol–water partition coefficient (Wildman–Crippen LogP) is 3.66. The Labute approximate surface area is 247 Å². The Balaban J connectivity index is 1.29. The molecule has 1 fully saturated rings. The molecule has 6 rings (SSSR count). The molecule has 1 saturated carbocycles. The minimum absolute atomic E-state index is 0.00824. The minimum Gasteiger partial charge on any atom is -0.490 e. The molecule has 2 amide bonds. The van der Waals surface area contributed by atoms with E-state index in [1.54, 1.807) is 49.8 Å². The molecule has 4 aromatic rings. The van der Waals surface area contributed by atoms with Gasteiger partial charge < -0.3 is 25.6 Å². The molecule has 11 heteroatoms. The van der Waals surface area contributed by atoms with E-state index in [2.05, 4.69) is 20.3 Å². The molecule has 1 aliphatic carbocycles. The Morgan fingerprint density at radius 3 is 2.63 bits per heavy atom. The topological polar surface area (TPSA) is 150 Å². The number of nitrogens with one attached hydrogen (secondary N) is 1. The summed E-state index contributed by atoms with van der Waals surface area (Å²) in [4.78, 5) is 38.9. The summed E-state index contributed by atoms with van der Waals surface area (Å²) in [6.45, 7) is 2.94. The van der Waals surface area contributed by atoms with E-state index in [0.29, 0.717) is 39.6 Å². The number of aromatic nitrogens is 3. The molecule has 0 spiro atoms. The number of pyridine rings is 1. The lowest BCUT2D eigenvalue weighted by molar-refractivity contribution is -0.123. The molecule has 220 valence electrons. The third-order valence-electron chi connectivity index (χ3n) is 7.78. The smallest absolute Gasteiger partial charge is 0.251 e. The average Bonchev–Trinajstić information content (AvgIpc) is 3.76. The summed E-state index contributed by atoms with van der Waals surface area (Å²) in [5.74, 6) is -0.600. The number of halogens is 1. The van der Waals surface area contributed by atoms with Gasteiger partial charge >= 0.3 is 0 Å². The van der Waals surface area contributed by atoms with Crippen molar-refractivity contribution >= 4 is 11.8 Å². The summed E-state index contributed by atoms with van der Waals surface area (Å²) < 4.78 is 25.6. The normalized spacial score (nSPS) is 18.7. The van der Waals surface area contributed by atoms with Crippen molar-refractivity contribution in [2.24, 2.45) is 5.73 Å². The average molecular weight is 584 g/mol. The Morgan fingerprint density at radius 2 is 1.95 bits per heavy atom. The van der Waals surface area contributed by atoms with E-state index in [1.165, 1.54) is 31.2 Å². The largest absolute Gasteiger partial charge is 0.490 e. The van der Waals surface area contributed by atoms with Gasteiger partial charge in [0.2, 0.25) is 5.91 Å². The molecular weight excluding hydrogens is 553 g/mol. The zero-order valence-corrected chi connectivity index (χ0v) is 23.6. The molecular formula is C32H30FN5O5. The lowest BCUT2D eigenvalue weighted by Gasteiger charge is -2.26. The van der Waals surface area contributed by atoms with Crippen molar-refractivity contribution < 1.29 is 28.6 Å². The van der Waals surface area contributed by atoms with Gasteiger partial charge in [0.25, 0.3) is 5.91 Å². The summed E-state index contributed by atoms with van der Waals surface area (Å²) in [6.07, 6.45) is 6.76. The standard InChI is InChI=1S/C32H30FN5O5/c1-31(30(34)40)17-42-28-23(31)14-26(38-27(28)18-3-6-20(33)7-4-18)32(2,41)16-37-29(39)19-5-10-22(24-15-35-11-12-36-24)25(13-19)43-21-8-9-21/h3-7,10-15,21,41H,8-9,16-17H2,1-2H3,(H2,34,40)(H,37,39)/t31-,32-/m0/s1. The van der Waals surface area contributed by atoms with E-state index < -0.39 is 28.6 Å². The number of ether oxygens (including phenoxy) is 2. The molecule has 10 nitrogen and oxygen atoms in total. The molecule has 2 atom stereocenters. The fraction of sp³-hybridized carbons (Fsp3) is 0.281. The first kappa shape index (κ1) is 28.2. The number of nitrogens with two attached hydrogens (primary N) is 1. The van der Waals surface area contributed by atoms with Gasteiger partial charge in [-0.3, -0.25) is 19.6 Å². The van der Waals surface area contributed by atoms with Gasteiger partial charge in [0.15, 0.2) is 0 Å². The van der Waals surface area contributed by atoms with E-state index in [4.69, 9.17) is 15.2 Å². The number of hydrogen-bond acceptors (Lipinski definition) is 8. The number of hydrogen-bond donors (Lipinski definition) is 3. The zero-order valence-electron chi connectivity index (χ0n) is 23.6. The van der Waals surface area contributed by atoms with Crippen LogP contribution in [-0.2, 0) is 15.8 Å². The number of benzene rings is 2. The van der Waals surface area contributed by atoms with Gasteiger partial charge in [-0.1, -0.05) is 0 Å². The number of primary amides is 1. The fourth-order valence-corrected chi connectivity index (χ4v) is 4.89. The molecule has 43 heavy (non-hydrogen) atoms. The van der Waals surface area contributed by atoms with E-state index in [1.807, 2.05) is 0 Å². The van der Waals surface area contributed by atoms with Crippen molar-refractivity contribution in [1.29, 1.82) is 0 Å². The molecule has 0 bridgehead atoms. The first-order valence-electron chi connectivity index (χ1n) is 13.9. The van der Waals surface area contributed by atoms with Gasteiger partial charge in [-0.25, -0.2) is 9.37 Å². The second-order valence-corrected chi connectivity index (χ2v) is 11.3. The second kappa shape index (κ2) is 10.7. The van der Waals surface area contributed by atoms with Gasteiger partial charge in [-0.2, -0.15) is 0 Å². The summed E-state index contributed by atoms with van der Waals surface area (Å²) in [7, 11) is 0. The lowest BCUT2D eigenvalue weighted by Crippen LogP contribution is -2.41. The third-order valence-corrected chi connectivity index (χ3v) is 7.78. The van der Waals surface area contributed by atoms with Crippen LogP contribution in [-0.4, -0.2) is 51.1 Å². The predicted molar refractivity (Wildman–Crippen MR) is 155 cm³/mol. The molecule has 0 radical (unpaired) electrons. The number of rotatable bonds is 9. The van der Waals surface area contributed by atoms with Gasteiger partial charge in [-0.15, -0.1) is 0 Å². The first-order valence-corrected chi connectivity index (χ1v) is 13.9. The number of nitrogens with zero attached hydrogens (tertiary/aromatic N) is 3. The zero-order chi connectivity index (χ0) is 30.4. The van der Waals surface area contributed by atoms with Crippen molar-refractivity contribution in [1.82, 2.24) is 20.3 Å². The van der Waals surface area contributed by atoms with Gasteiger partial charge in [-0.05, 0) is 75.2 Å². The van der Waals surface area contributed by atoms with Crippen LogP contribution in [0.4, 0.5) is 4.39 Å². The Hall–Kier alpha value is -4.90. The molecule has 2 aliphatic rings. The number of fused-ring (bicyclic) bond motifs is 1. The van der Waals surface area contributed by atoms with Crippen LogP contribution in [0.5, 0.6) is 11.5 Å². The number of carbonyl (C=O) groups excluding carboxylic acids is 2. The molecule has 2 aromatic carbocycles. The van der Waals surface area contributed by atoms with Crippen LogP contribution in [0.25, 0.3) is 22.5 Å². The quantitative estimate of drug-likeness (QED) is 0.270. The molecule has 4 N–H and O–H groups in total. The van der Waals surface area contributed by atoms with Crippen molar-refractivity contribution in [3.63, 3.8) is 0 Å². The SMILES string of the molecule is C[C@](O)(CNC(=O)c1ccc(-c2cnccn2)c(OC2CC2)c1)c1cc2c(c(-c3ccc(F)cc3)n1)OC[C@]2(C)C(N)=O.